The van der Waals surface area contributed by atoms with Crippen LogP contribution in [-0.2, 0) is 4.74 Å². The van der Waals surface area contributed by atoms with E-state index in [-0.39, 0.29) is 11.9 Å². The van der Waals surface area contributed by atoms with Gasteiger partial charge in [-0.05, 0) is 19.2 Å². The molecule has 20 heavy (non-hydrogen) atoms. The average molecular weight is 276 g/mol. The largest absolute Gasteiger partial charge is 0.374 e. The molecule has 1 aromatic heterocycles. The van der Waals surface area contributed by atoms with Crippen LogP contribution in [0.15, 0.2) is 24.5 Å². The molecule has 6 heteroatoms. The number of hydrogen-bond donors (Lipinski definition) is 1. The monoisotopic (exact) mass is 276 g/mol. The molecule has 0 spiro atoms. The molecular formula is C14H17FN4O. The second-order valence-corrected chi connectivity index (χ2v) is 4.99. The zero-order valence-corrected chi connectivity index (χ0v) is 11.3. The first-order valence-corrected chi connectivity index (χ1v) is 6.67. The number of ether oxygens (including phenoxy) is 1. The summed E-state index contributed by atoms with van der Waals surface area (Å²) in [6.45, 7) is 3.22. The van der Waals surface area contributed by atoms with Gasteiger partial charge in [0.15, 0.2) is 0 Å². The molecular weight excluding hydrogens is 259 g/mol. The maximum atomic E-state index is 13.7. The number of nitrogens with one attached hydrogen (secondary N) is 1. The van der Waals surface area contributed by atoms with Gasteiger partial charge in [-0.3, -0.25) is 0 Å². The standard InChI is InChI=1S/C14H17FN4O/c1-19-5-6-20-10(8-19)7-16-14-11-3-2-4-12(15)13(11)17-9-18-14/h2-4,9-10H,5-8H2,1H3,(H,16,17,18). The minimum Gasteiger partial charge on any atom is -0.374 e. The molecule has 1 aliphatic rings. The van der Waals surface area contributed by atoms with Crippen molar-refractivity contribution in [3.05, 3.63) is 30.3 Å². The molecule has 106 valence electrons. The minimum atomic E-state index is -0.332. The number of hydrogen-bond acceptors (Lipinski definition) is 5. The molecule has 2 heterocycles. The predicted octanol–water partition coefficient (Wildman–Crippen LogP) is 1.51. The highest BCUT2D eigenvalue weighted by molar-refractivity contribution is 5.89. The number of likely N-dealkylation sites (N-methyl/N-ethyl adjacent to an activating group) is 1. The van der Waals surface area contributed by atoms with Crippen molar-refractivity contribution in [2.24, 2.45) is 0 Å². The van der Waals surface area contributed by atoms with Crippen LogP contribution in [0.2, 0.25) is 0 Å². The van der Waals surface area contributed by atoms with Crippen LogP contribution in [0.1, 0.15) is 0 Å². The average Bonchev–Trinajstić information content (AvgIpc) is 2.46. The van der Waals surface area contributed by atoms with Gasteiger partial charge in [-0.1, -0.05) is 6.07 Å². The number of fused-ring (bicyclic) bond motifs is 1. The lowest BCUT2D eigenvalue weighted by molar-refractivity contribution is -0.0117. The summed E-state index contributed by atoms with van der Waals surface area (Å²) >= 11 is 0. The van der Waals surface area contributed by atoms with E-state index in [0.29, 0.717) is 23.3 Å². The zero-order chi connectivity index (χ0) is 13.9. The second-order valence-electron chi connectivity index (χ2n) is 4.99. The topological polar surface area (TPSA) is 50.3 Å². The van der Waals surface area contributed by atoms with E-state index in [1.807, 2.05) is 6.07 Å². The molecule has 1 unspecified atom stereocenters. The van der Waals surface area contributed by atoms with E-state index in [0.717, 1.165) is 19.7 Å². The van der Waals surface area contributed by atoms with Gasteiger partial charge in [0.25, 0.3) is 0 Å². The van der Waals surface area contributed by atoms with Gasteiger partial charge in [-0.15, -0.1) is 0 Å². The highest BCUT2D eigenvalue weighted by Crippen LogP contribution is 2.21. The van der Waals surface area contributed by atoms with Crippen LogP contribution in [0.4, 0.5) is 10.2 Å². The van der Waals surface area contributed by atoms with E-state index >= 15 is 0 Å². The van der Waals surface area contributed by atoms with Gasteiger partial charge in [0.2, 0.25) is 0 Å². The molecule has 0 amide bonds. The molecule has 1 atom stereocenters. The number of aromatic nitrogens is 2. The van der Waals surface area contributed by atoms with Crippen LogP contribution in [0.3, 0.4) is 0 Å². The number of benzene rings is 1. The maximum absolute atomic E-state index is 13.7. The Balaban J connectivity index is 1.76. The van der Waals surface area contributed by atoms with Gasteiger partial charge in [0.05, 0.1) is 12.7 Å². The van der Waals surface area contributed by atoms with Crippen LogP contribution in [-0.4, -0.2) is 54.3 Å². The third-order valence-electron chi connectivity index (χ3n) is 3.45. The summed E-state index contributed by atoms with van der Waals surface area (Å²) in [5.41, 5.74) is 0.340. The maximum Gasteiger partial charge on any atom is 0.149 e. The Hall–Kier alpha value is -1.79. The molecule has 1 saturated heterocycles. The van der Waals surface area contributed by atoms with Crippen LogP contribution in [0, 0.1) is 5.82 Å². The van der Waals surface area contributed by atoms with Crippen molar-refractivity contribution in [3.8, 4) is 0 Å². The molecule has 5 nitrogen and oxygen atoms in total. The number of anilines is 1. The minimum absolute atomic E-state index is 0.118. The molecule has 0 saturated carbocycles. The summed E-state index contributed by atoms with van der Waals surface area (Å²) in [5, 5.41) is 3.93. The summed E-state index contributed by atoms with van der Waals surface area (Å²) in [6.07, 6.45) is 1.49. The van der Waals surface area contributed by atoms with Crippen molar-refractivity contribution in [3.63, 3.8) is 0 Å². The van der Waals surface area contributed by atoms with E-state index in [9.17, 15) is 4.39 Å². The Morgan fingerprint density at radius 3 is 3.20 bits per heavy atom. The van der Waals surface area contributed by atoms with Crippen LogP contribution in [0.5, 0.6) is 0 Å². The van der Waals surface area contributed by atoms with Crippen molar-refractivity contribution in [1.29, 1.82) is 0 Å². The van der Waals surface area contributed by atoms with E-state index in [2.05, 4.69) is 27.2 Å². The Kier molecular flexibility index (Phi) is 3.75. The fourth-order valence-corrected chi connectivity index (χ4v) is 2.39. The van der Waals surface area contributed by atoms with Gasteiger partial charge < -0.3 is 15.0 Å². The Morgan fingerprint density at radius 2 is 2.35 bits per heavy atom. The predicted molar refractivity (Wildman–Crippen MR) is 75.2 cm³/mol. The highest BCUT2D eigenvalue weighted by atomic mass is 19.1. The van der Waals surface area contributed by atoms with Crippen LogP contribution in [0.25, 0.3) is 10.9 Å². The quantitative estimate of drug-likeness (QED) is 0.921. The van der Waals surface area contributed by atoms with Crippen LogP contribution >= 0.6 is 0 Å². The third kappa shape index (κ3) is 2.71. The van der Waals surface area contributed by atoms with Crippen molar-refractivity contribution in [2.75, 3.05) is 38.6 Å². The van der Waals surface area contributed by atoms with Gasteiger partial charge in [-0.25, -0.2) is 14.4 Å². The number of morpholine rings is 1. The smallest absolute Gasteiger partial charge is 0.149 e. The van der Waals surface area contributed by atoms with Gasteiger partial charge in [-0.2, -0.15) is 0 Å². The third-order valence-corrected chi connectivity index (χ3v) is 3.45. The Morgan fingerprint density at radius 1 is 1.45 bits per heavy atom. The summed E-state index contributed by atoms with van der Waals surface area (Å²) < 4.78 is 19.3. The molecule has 1 fully saturated rings. The van der Waals surface area contributed by atoms with Crippen molar-refractivity contribution in [2.45, 2.75) is 6.10 Å². The van der Waals surface area contributed by atoms with E-state index in [1.54, 1.807) is 6.07 Å². The summed E-state index contributed by atoms with van der Waals surface area (Å²) in [7, 11) is 2.07. The van der Waals surface area contributed by atoms with E-state index in [1.165, 1.54) is 12.4 Å². The molecule has 3 rings (SSSR count). The lowest BCUT2D eigenvalue weighted by Gasteiger charge is -2.30. The second kappa shape index (κ2) is 5.68. The number of rotatable bonds is 3. The molecule has 2 aromatic rings. The van der Waals surface area contributed by atoms with Crippen molar-refractivity contribution in [1.82, 2.24) is 14.9 Å². The summed E-state index contributed by atoms with van der Waals surface area (Å²) in [5.74, 6) is 0.313. The molecule has 0 radical (unpaired) electrons. The zero-order valence-electron chi connectivity index (χ0n) is 11.3. The SMILES string of the molecule is CN1CCOC(CNc2ncnc3c(F)cccc23)C1. The van der Waals surface area contributed by atoms with Crippen molar-refractivity contribution >= 4 is 16.7 Å². The molecule has 0 aliphatic carbocycles. The number of nitrogens with zero attached hydrogens (tertiary/aromatic N) is 3. The molecule has 1 N–H and O–H groups in total. The van der Waals surface area contributed by atoms with Gasteiger partial charge in [0, 0.05) is 25.0 Å². The molecule has 0 bridgehead atoms. The first kappa shape index (κ1) is 13.2. The summed E-state index contributed by atoms with van der Waals surface area (Å²) in [6, 6.07) is 4.88. The lowest BCUT2D eigenvalue weighted by Crippen LogP contribution is -2.43. The Bertz CT molecular complexity index is 607. The highest BCUT2D eigenvalue weighted by Gasteiger charge is 2.18. The van der Waals surface area contributed by atoms with Gasteiger partial charge >= 0.3 is 0 Å². The Labute approximate surface area is 116 Å². The van der Waals surface area contributed by atoms with Crippen molar-refractivity contribution < 1.29 is 9.13 Å². The first-order valence-electron chi connectivity index (χ1n) is 6.67. The normalized spacial score (nSPS) is 20.2. The molecule has 1 aliphatic heterocycles. The number of para-hydroxylation sites is 1. The lowest BCUT2D eigenvalue weighted by atomic mass is 10.2. The van der Waals surface area contributed by atoms with E-state index < -0.39 is 0 Å². The first-order chi connectivity index (χ1) is 9.74. The fourth-order valence-electron chi connectivity index (χ4n) is 2.39. The van der Waals surface area contributed by atoms with Crippen LogP contribution < -0.4 is 5.32 Å². The molecule has 1 aromatic carbocycles. The fraction of sp³-hybridized carbons (Fsp3) is 0.429. The summed E-state index contributed by atoms with van der Waals surface area (Å²) in [4.78, 5) is 10.4. The number of halogens is 1. The van der Waals surface area contributed by atoms with Gasteiger partial charge in [0.1, 0.15) is 23.5 Å². The van der Waals surface area contributed by atoms with E-state index in [4.69, 9.17) is 4.74 Å².